The summed E-state index contributed by atoms with van der Waals surface area (Å²) in [6.07, 6.45) is 0. The van der Waals surface area contributed by atoms with Gasteiger partial charge in [-0.25, -0.2) is 0 Å². The second-order valence-corrected chi connectivity index (χ2v) is 4.27. The summed E-state index contributed by atoms with van der Waals surface area (Å²) in [5, 5.41) is -0.106. The molecule has 0 fully saturated rings. The third-order valence-electron chi connectivity index (χ3n) is 1.46. The van der Waals surface area contributed by atoms with E-state index in [0.29, 0.717) is 10.6 Å². The molecule has 1 rings (SSSR count). The lowest BCUT2D eigenvalue weighted by Gasteiger charge is -2.02. The number of hydrogen-bond donors (Lipinski definition) is 0. The molecule has 0 aliphatic rings. The lowest BCUT2D eigenvalue weighted by molar-refractivity contribution is 0.108. The minimum absolute atomic E-state index is 0.369. The second-order valence-electron chi connectivity index (χ2n) is 2.35. The predicted octanol–water partition coefficient (Wildman–Crippen LogP) is 3.63. The normalized spacial score (nSPS) is 10.0. The third-order valence-corrected chi connectivity index (χ3v) is 3.14. The first-order chi connectivity index (χ1) is 5.52. The van der Waals surface area contributed by atoms with E-state index >= 15 is 0 Å². The summed E-state index contributed by atoms with van der Waals surface area (Å²) in [6.45, 7) is 1.93. The Bertz CT molecular complexity index is 336. The van der Waals surface area contributed by atoms with Crippen molar-refractivity contribution in [2.24, 2.45) is 0 Å². The second kappa shape index (κ2) is 3.94. The fraction of sp³-hybridized carbons (Fsp3) is 0.125. The molecule has 0 heterocycles. The molecule has 0 aliphatic carbocycles. The van der Waals surface area contributed by atoms with E-state index in [2.05, 4.69) is 22.6 Å². The van der Waals surface area contributed by atoms with Gasteiger partial charge in [0.15, 0.2) is 0 Å². The number of carbonyl (C=O) groups excluding carboxylic acids is 1. The van der Waals surface area contributed by atoms with Gasteiger partial charge in [-0.15, -0.1) is 0 Å². The van der Waals surface area contributed by atoms with Gasteiger partial charge in [0, 0.05) is 3.57 Å². The van der Waals surface area contributed by atoms with Crippen LogP contribution in [0.5, 0.6) is 0 Å². The largest absolute Gasteiger partial charge is 0.276 e. The number of aryl methyl sites for hydroxylation is 1. The molecule has 0 aliphatic heterocycles. The van der Waals surface area contributed by atoms with E-state index in [0.717, 1.165) is 9.13 Å². The Hall–Kier alpha value is 0.200. The molecule has 0 spiro atoms. The smallest absolute Gasteiger partial charge is 0.253 e. The fourth-order valence-corrected chi connectivity index (χ4v) is 1.77. The number of benzene rings is 1. The molecule has 0 saturated carbocycles. The van der Waals surface area contributed by atoms with Gasteiger partial charge in [0.2, 0.25) is 0 Å². The quantitative estimate of drug-likeness (QED) is 0.571. The van der Waals surface area contributed by atoms with Crippen LogP contribution in [0.2, 0.25) is 5.02 Å². The molecule has 64 valence electrons. The van der Waals surface area contributed by atoms with E-state index in [1.165, 1.54) is 0 Å². The van der Waals surface area contributed by atoms with Gasteiger partial charge >= 0.3 is 0 Å². The van der Waals surface area contributed by atoms with Crippen LogP contribution >= 0.6 is 45.8 Å². The highest BCUT2D eigenvalue weighted by atomic mass is 127. The zero-order chi connectivity index (χ0) is 9.30. The molecule has 0 atom stereocenters. The van der Waals surface area contributed by atoms with Crippen molar-refractivity contribution in [3.63, 3.8) is 0 Å². The molecule has 1 aromatic carbocycles. The summed E-state index contributed by atoms with van der Waals surface area (Å²) in [4.78, 5) is 10.8. The SMILES string of the molecule is Cc1cc(Cl)c(C(=O)Cl)cc1I. The van der Waals surface area contributed by atoms with Crippen molar-refractivity contribution in [1.82, 2.24) is 0 Å². The zero-order valence-corrected chi connectivity index (χ0v) is 9.87. The van der Waals surface area contributed by atoms with Gasteiger partial charge in [0.25, 0.3) is 5.24 Å². The minimum Gasteiger partial charge on any atom is -0.276 e. The van der Waals surface area contributed by atoms with E-state index < -0.39 is 5.24 Å². The van der Waals surface area contributed by atoms with Crippen molar-refractivity contribution in [2.45, 2.75) is 6.92 Å². The summed E-state index contributed by atoms with van der Waals surface area (Å²) in [5.41, 5.74) is 1.41. The Labute approximate surface area is 94.2 Å². The van der Waals surface area contributed by atoms with E-state index in [-0.39, 0.29) is 0 Å². The van der Waals surface area contributed by atoms with E-state index in [9.17, 15) is 4.79 Å². The number of rotatable bonds is 1. The molecular formula is C8H5Cl2IO. The van der Waals surface area contributed by atoms with Crippen LogP contribution < -0.4 is 0 Å². The van der Waals surface area contributed by atoms with E-state index in [1.54, 1.807) is 12.1 Å². The van der Waals surface area contributed by atoms with Gasteiger partial charge in [-0.2, -0.15) is 0 Å². The fourth-order valence-electron chi connectivity index (χ4n) is 0.797. The summed E-state index contributed by atoms with van der Waals surface area (Å²) in [6, 6.07) is 3.42. The van der Waals surface area contributed by atoms with Gasteiger partial charge in [-0.1, -0.05) is 11.6 Å². The lowest BCUT2D eigenvalue weighted by Crippen LogP contribution is -1.93. The van der Waals surface area contributed by atoms with Gasteiger partial charge in [0.1, 0.15) is 0 Å². The molecule has 0 saturated heterocycles. The topological polar surface area (TPSA) is 17.1 Å². The Morgan fingerprint density at radius 3 is 2.58 bits per heavy atom. The van der Waals surface area contributed by atoms with Crippen molar-refractivity contribution in [3.8, 4) is 0 Å². The lowest BCUT2D eigenvalue weighted by atomic mass is 10.2. The average Bonchev–Trinajstić information content (AvgIpc) is 1.96. The molecule has 4 heteroatoms. The number of carbonyl (C=O) groups is 1. The van der Waals surface area contributed by atoms with Crippen molar-refractivity contribution >= 4 is 51.0 Å². The van der Waals surface area contributed by atoms with Gasteiger partial charge in [-0.05, 0) is 58.8 Å². The standard InChI is InChI=1S/C8H5Cl2IO/c1-4-2-6(9)5(8(10)12)3-7(4)11/h2-3H,1H3. The Kier molecular flexibility index (Phi) is 3.37. The Morgan fingerprint density at radius 2 is 2.08 bits per heavy atom. The molecule has 0 N–H and O–H groups in total. The molecule has 0 radical (unpaired) electrons. The van der Waals surface area contributed by atoms with Gasteiger partial charge < -0.3 is 0 Å². The Morgan fingerprint density at radius 1 is 1.50 bits per heavy atom. The van der Waals surface area contributed by atoms with E-state index in [1.807, 2.05) is 6.92 Å². The average molecular weight is 315 g/mol. The van der Waals surface area contributed by atoms with Crippen molar-refractivity contribution in [3.05, 3.63) is 31.9 Å². The van der Waals surface area contributed by atoms with Crippen LogP contribution in [-0.2, 0) is 0 Å². The van der Waals surface area contributed by atoms with Crippen molar-refractivity contribution in [2.75, 3.05) is 0 Å². The zero-order valence-electron chi connectivity index (χ0n) is 6.20. The maximum Gasteiger partial charge on any atom is 0.253 e. The maximum atomic E-state index is 10.8. The minimum atomic E-state index is -0.516. The molecule has 0 unspecified atom stereocenters. The summed E-state index contributed by atoms with van der Waals surface area (Å²) >= 11 is 13.2. The van der Waals surface area contributed by atoms with Gasteiger partial charge in [-0.3, -0.25) is 4.79 Å². The molecule has 1 nitrogen and oxygen atoms in total. The van der Waals surface area contributed by atoms with E-state index in [4.69, 9.17) is 23.2 Å². The van der Waals surface area contributed by atoms with Crippen LogP contribution in [0.25, 0.3) is 0 Å². The molecule has 0 amide bonds. The third kappa shape index (κ3) is 2.12. The molecule has 12 heavy (non-hydrogen) atoms. The summed E-state index contributed by atoms with van der Waals surface area (Å²) < 4.78 is 0.987. The highest BCUT2D eigenvalue weighted by Crippen LogP contribution is 2.23. The van der Waals surface area contributed by atoms with Crippen LogP contribution in [-0.4, -0.2) is 5.24 Å². The molecular weight excluding hydrogens is 310 g/mol. The highest BCUT2D eigenvalue weighted by molar-refractivity contribution is 14.1. The summed E-state index contributed by atoms with van der Waals surface area (Å²) in [5.74, 6) is 0. The predicted molar refractivity (Wildman–Crippen MR) is 59.1 cm³/mol. The highest BCUT2D eigenvalue weighted by Gasteiger charge is 2.09. The van der Waals surface area contributed by atoms with Crippen LogP contribution in [0.4, 0.5) is 0 Å². The van der Waals surface area contributed by atoms with Crippen LogP contribution in [0.3, 0.4) is 0 Å². The molecule has 0 aromatic heterocycles. The Balaban J connectivity index is 3.33. The van der Waals surface area contributed by atoms with Crippen molar-refractivity contribution in [1.29, 1.82) is 0 Å². The first-order valence-corrected chi connectivity index (χ1v) is 5.01. The first-order valence-electron chi connectivity index (χ1n) is 3.18. The van der Waals surface area contributed by atoms with Gasteiger partial charge in [0.05, 0.1) is 10.6 Å². The van der Waals surface area contributed by atoms with Crippen LogP contribution in [0, 0.1) is 10.5 Å². The maximum absolute atomic E-state index is 10.8. The van der Waals surface area contributed by atoms with Crippen molar-refractivity contribution < 1.29 is 4.79 Å². The number of halogens is 3. The summed E-state index contributed by atoms with van der Waals surface area (Å²) in [7, 11) is 0. The monoisotopic (exact) mass is 314 g/mol. The van der Waals surface area contributed by atoms with Crippen LogP contribution in [0.15, 0.2) is 12.1 Å². The molecule has 0 bridgehead atoms. The first kappa shape index (κ1) is 10.3. The van der Waals surface area contributed by atoms with Crippen LogP contribution in [0.1, 0.15) is 15.9 Å². The number of hydrogen-bond acceptors (Lipinski definition) is 1. The molecule has 1 aromatic rings.